The van der Waals surface area contributed by atoms with E-state index in [0.29, 0.717) is 12.8 Å². The standard InChI is InChI=1S/C62H98O6/c1-4-7-10-13-16-19-22-25-28-30-32-34-37-40-43-46-49-52-55-61(64)67-58-59(57-66-60(63)54-51-48-45-42-39-36-27-24-21-18-15-12-9-6-3)68-62(65)56-53-50-47-44-41-38-35-33-31-29-26-23-20-17-14-11-8-5-2/h9-10,12-13,16-23,25-26,28-35,59H,4-8,11,14-15,24,27,36-58H2,1-3H3/b12-9-,13-10-,19-16-,20-17-,21-18-,25-22-,26-23-,30-28-,31-29-,34-32-,35-33-. The summed E-state index contributed by atoms with van der Waals surface area (Å²) in [5.41, 5.74) is 0. The van der Waals surface area contributed by atoms with Gasteiger partial charge in [0, 0.05) is 19.3 Å². The molecule has 0 aromatic carbocycles. The van der Waals surface area contributed by atoms with Crippen LogP contribution < -0.4 is 0 Å². The molecule has 0 amide bonds. The molecule has 0 N–H and O–H groups in total. The highest BCUT2D eigenvalue weighted by atomic mass is 16.6. The van der Waals surface area contributed by atoms with Gasteiger partial charge in [-0.15, -0.1) is 0 Å². The van der Waals surface area contributed by atoms with Crippen molar-refractivity contribution in [2.45, 2.75) is 226 Å². The van der Waals surface area contributed by atoms with Crippen molar-refractivity contribution in [3.63, 3.8) is 0 Å². The molecule has 6 heteroatoms. The molecule has 382 valence electrons. The molecule has 0 fully saturated rings. The molecule has 0 spiro atoms. The topological polar surface area (TPSA) is 78.9 Å². The summed E-state index contributed by atoms with van der Waals surface area (Å²) < 4.78 is 16.8. The highest BCUT2D eigenvalue weighted by Gasteiger charge is 2.19. The van der Waals surface area contributed by atoms with Crippen LogP contribution in [0.3, 0.4) is 0 Å². The van der Waals surface area contributed by atoms with Gasteiger partial charge in [-0.25, -0.2) is 0 Å². The van der Waals surface area contributed by atoms with Crippen LogP contribution in [-0.2, 0) is 28.6 Å². The quantitative estimate of drug-likeness (QED) is 0.0199. The van der Waals surface area contributed by atoms with Crippen LogP contribution in [0.15, 0.2) is 134 Å². The molecule has 0 aromatic heterocycles. The number of unbranched alkanes of at least 4 members (excludes halogenated alkanes) is 21. The summed E-state index contributed by atoms with van der Waals surface area (Å²) >= 11 is 0. The van der Waals surface area contributed by atoms with Crippen molar-refractivity contribution < 1.29 is 28.6 Å². The van der Waals surface area contributed by atoms with Crippen molar-refractivity contribution in [2.75, 3.05) is 13.2 Å². The van der Waals surface area contributed by atoms with Gasteiger partial charge in [0.1, 0.15) is 13.2 Å². The highest BCUT2D eigenvalue weighted by Crippen LogP contribution is 2.13. The second-order valence-corrected chi connectivity index (χ2v) is 17.6. The molecule has 0 rings (SSSR count). The number of esters is 3. The fourth-order valence-corrected chi connectivity index (χ4v) is 6.99. The number of allylic oxidation sites excluding steroid dienone is 22. The molecule has 0 saturated carbocycles. The maximum atomic E-state index is 12.8. The summed E-state index contributed by atoms with van der Waals surface area (Å²) in [6.07, 6.45) is 77.1. The van der Waals surface area contributed by atoms with E-state index in [2.05, 4.69) is 124 Å². The van der Waals surface area contributed by atoms with E-state index in [0.717, 1.165) is 128 Å². The second-order valence-electron chi connectivity index (χ2n) is 17.6. The molecule has 0 saturated heterocycles. The Morgan fingerprint density at radius 3 is 1.07 bits per heavy atom. The zero-order valence-corrected chi connectivity index (χ0v) is 43.6. The number of rotatable bonds is 47. The number of hydrogen-bond acceptors (Lipinski definition) is 6. The maximum absolute atomic E-state index is 12.8. The number of carbonyl (C=O) groups excluding carboxylic acids is 3. The Labute approximate surface area is 417 Å². The Balaban J connectivity index is 4.54. The lowest BCUT2D eigenvalue weighted by Gasteiger charge is -2.18. The summed E-state index contributed by atoms with van der Waals surface area (Å²) in [4.78, 5) is 38.1. The molecule has 0 radical (unpaired) electrons. The van der Waals surface area contributed by atoms with Crippen LogP contribution in [0.4, 0.5) is 0 Å². The van der Waals surface area contributed by atoms with Crippen molar-refractivity contribution in [3.05, 3.63) is 134 Å². The Bertz CT molecular complexity index is 1500. The summed E-state index contributed by atoms with van der Waals surface area (Å²) in [6.45, 7) is 6.34. The van der Waals surface area contributed by atoms with E-state index >= 15 is 0 Å². The Hall–Kier alpha value is -4.45. The van der Waals surface area contributed by atoms with Gasteiger partial charge in [-0.3, -0.25) is 14.4 Å². The SMILES string of the molecule is CC/C=C\C/C=C\CCCCCCCCCC(=O)OCC(COC(=O)CCCCCCC\C=C/C=C\C=C/C=C\C=C/CCC)OC(=O)CCCCCCC\C=C/C=C\C=C/C=C\CCCCC. The first-order chi connectivity index (χ1) is 33.5. The Morgan fingerprint density at radius 1 is 0.324 bits per heavy atom. The highest BCUT2D eigenvalue weighted by molar-refractivity contribution is 5.71. The zero-order valence-electron chi connectivity index (χ0n) is 43.6. The lowest BCUT2D eigenvalue weighted by molar-refractivity contribution is -0.167. The van der Waals surface area contributed by atoms with Gasteiger partial charge in [0.05, 0.1) is 0 Å². The lowest BCUT2D eigenvalue weighted by atomic mass is 10.1. The average Bonchev–Trinajstić information content (AvgIpc) is 3.34. The molecule has 68 heavy (non-hydrogen) atoms. The third-order valence-electron chi connectivity index (χ3n) is 11.1. The first-order valence-electron chi connectivity index (χ1n) is 27.3. The predicted molar refractivity (Wildman–Crippen MR) is 292 cm³/mol. The average molecular weight is 939 g/mol. The molecule has 1 unspecified atom stereocenters. The van der Waals surface area contributed by atoms with Crippen molar-refractivity contribution in [1.82, 2.24) is 0 Å². The van der Waals surface area contributed by atoms with Crippen LogP contribution in [0.25, 0.3) is 0 Å². The maximum Gasteiger partial charge on any atom is 0.306 e. The van der Waals surface area contributed by atoms with E-state index in [1.165, 1.54) is 51.4 Å². The summed E-state index contributed by atoms with van der Waals surface area (Å²) in [5.74, 6) is -0.968. The fourth-order valence-electron chi connectivity index (χ4n) is 6.99. The predicted octanol–water partition coefficient (Wildman–Crippen LogP) is 18.3. The van der Waals surface area contributed by atoms with Crippen molar-refractivity contribution in [3.8, 4) is 0 Å². The minimum absolute atomic E-state index is 0.106. The first kappa shape index (κ1) is 63.6. The van der Waals surface area contributed by atoms with Gasteiger partial charge in [0.2, 0.25) is 0 Å². The van der Waals surface area contributed by atoms with Crippen molar-refractivity contribution in [1.29, 1.82) is 0 Å². The van der Waals surface area contributed by atoms with E-state index in [1.54, 1.807) is 0 Å². The molecule has 0 heterocycles. The van der Waals surface area contributed by atoms with Gasteiger partial charge >= 0.3 is 17.9 Å². The van der Waals surface area contributed by atoms with Gasteiger partial charge in [-0.2, -0.15) is 0 Å². The number of hydrogen-bond donors (Lipinski definition) is 0. The van der Waals surface area contributed by atoms with E-state index < -0.39 is 6.10 Å². The van der Waals surface area contributed by atoms with Gasteiger partial charge in [-0.05, 0) is 89.9 Å². The molecule has 0 aliphatic heterocycles. The summed E-state index contributed by atoms with van der Waals surface area (Å²) in [7, 11) is 0. The molecule has 6 nitrogen and oxygen atoms in total. The van der Waals surface area contributed by atoms with E-state index in [4.69, 9.17) is 14.2 Å². The minimum Gasteiger partial charge on any atom is -0.462 e. The van der Waals surface area contributed by atoms with E-state index in [-0.39, 0.29) is 37.5 Å². The molecule has 0 aliphatic carbocycles. The number of carbonyl (C=O) groups is 3. The normalized spacial score (nSPS) is 13.2. The fraction of sp³-hybridized carbons (Fsp3) is 0.597. The molecule has 0 bridgehead atoms. The minimum atomic E-state index is -0.810. The monoisotopic (exact) mass is 939 g/mol. The van der Waals surface area contributed by atoms with E-state index in [1.807, 2.05) is 30.4 Å². The summed E-state index contributed by atoms with van der Waals surface area (Å²) in [6, 6.07) is 0. The Morgan fingerprint density at radius 2 is 0.662 bits per heavy atom. The molecule has 0 aliphatic rings. The van der Waals surface area contributed by atoms with Crippen LogP contribution >= 0.6 is 0 Å². The van der Waals surface area contributed by atoms with Crippen molar-refractivity contribution in [2.24, 2.45) is 0 Å². The van der Waals surface area contributed by atoms with Crippen LogP contribution in [0.1, 0.15) is 220 Å². The lowest BCUT2D eigenvalue weighted by Crippen LogP contribution is -2.30. The third-order valence-corrected chi connectivity index (χ3v) is 11.1. The second kappa shape index (κ2) is 55.1. The van der Waals surface area contributed by atoms with Crippen LogP contribution in [0.5, 0.6) is 0 Å². The first-order valence-corrected chi connectivity index (χ1v) is 27.3. The van der Waals surface area contributed by atoms with Crippen LogP contribution in [0.2, 0.25) is 0 Å². The van der Waals surface area contributed by atoms with Crippen LogP contribution in [-0.4, -0.2) is 37.2 Å². The van der Waals surface area contributed by atoms with Gasteiger partial charge < -0.3 is 14.2 Å². The largest absolute Gasteiger partial charge is 0.462 e. The summed E-state index contributed by atoms with van der Waals surface area (Å²) in [5, 5.41) is 0. The number of ether oxygens (including phenoxy) is 3. The van der Waals surface area contributed by atoms with Crippen LogP contribution in [0, 0.1) is 0 Å². The Kier molecular flexibility index (Phi) is 51.5. The molecule has 1 atom stereocenters. The van der Waals surface area contributed by atoms with Gasteiger partial charge in [0.25, 0.3) is 0 Å². The molecular weight excluding hydrogens is 841 g/mol. The third kappa shape index (κ3) is 52.5. The molecule has 0 aromatic rings. The van der Waals surface area contributed by atoms with E-state index in [9.17, 15) is 14.4 Å². The smallest absolute Gasteiger partial charge is 0.306 e. The van der Waals surface area contributed by atoms with Gasteiger partial charge in [-0.1, -0.05) is 244 Å². The zero-order chi connectivity index (χ0) is 49.3. The van der Waals surface area contributed by atoms with Gasteiger partial charge in [0.15, 0.2) is 6.10 Å². The van der Waals surface area contributed by atoms with Crippen molar-refractivity contribution >= 4 is 17.9 Å². The molecular formula is C62H98O6.